The molecule has 0 spiro atoms. The van der Waals surface area contributed by atoms with E-state index in [9.17, 15) is 4.79 Å². The Hall–Kier alpha value is -4.11. The number of rotatable bonds is 6. The third-order valence-electron chi connectivity index (χ3n) is 7.90. The van der Waals surface area contributed by atoms with Crippen molar-refractivity contribution in [3.05, 3.63) is 71.8 Å². The number of H-pyrrole nitrogens is 2. The van der Waals surface area contributed by atoms with Crippen molar-refractivity contribution in [3.63, 3.8) is 0 Å². The van der Waals surface area contributed by atoms with Gasteiger partial charge >= 0.3 is 0 Å². The smallest absolute Gasteiger partial charge is 0.227 e. The number of nitrogens with one attached hydrogen (secondary N) is 3. The lowest BCUT2D eigenvalue weighted by molar-refractivity contribution is -0.131. The summed E-state index contributed by atoms with van der Waals surface area (Å²) in [5.74, 6) is 0.946. The lowest BCUT2D eigenvalue weighted by Gasteiger charge is -2.28. The van der Waals surface area contributed by atoms with Crippen LogP contribution in [0.4, 0.5) is 0 Å². The zero-order valence-electron chi connectivity index (χ0n) is 24.5. The lowest BCUT2D eigenvalue weighted by atomic mass is 9.81. The fourth-order valence-corrected chi connectivity index (χ4v) is 5.68. The molecule has 212 valence electrons. The van der Waals surface area contributed by atoms with Gasteiger partial charge in [0.05, 0.1) is 18.4 Å². The van der Waals surface area contributed by atoms with Crippen LogP contribution in [-0.2, 0) is 28.5 Å². The highest BCUT2D eigenvalue weighted by atomic mass is 16.2. The SMILES string of the molecule is CC(C)(C)c1nc(-c2c[nH]c(CC(C)(C)c3nccc4ccc(CC(=O)N5CCNCC5)cc34)c2)c2[nH]cnc2n1. The number of amides is 1. The maximum Gasteiger partial charge on any atom is 0.227 e. The fraction of sp³-hybridized carbons (Fsp3) is 0.406. The molecule has 4 aromatic heterocycles. The van der Waals surface area contributed by atoms with Crippen molar-refractivity contribution in [1.82, 2.24) is 40.1 Å². The van der Waals surface area contributed by atoms with Crippen LogP contribution in [-0.4, -0.2) is 66.9 Å². The van der Waals surface area contributed by atoms with Gasteiger partial charge in [0.2, 0.25) is 5.91 Å². The van der Waals surface area contributed by atoms with Crippen LogP contribution in [0.5, 0.6) is 0 Å². The van der Waals surface area contributed by atoms with Gasteiger partial charge in [-0.3, -0.25) is 9.78 Å². The number of pyridine rings is 1. The average Bonchev–Trinajstić information content (AvgIpc) is 3.61. The Labute approximate surface area is 240 Å². The number of nitrogens with zero attached hydrogens (tertiary/aromatic N) is 5. The molecular formula is C32H38N8O. The van der Waals surface area contributed by atoms with E-state index in [0.717, 1.165) is 82.9 Å². The number of aromatic amines is 2. The van der Waals surface area contributed by atoms with Crippen LogP contribution in [0.25, 0.3) is 33.2 Å². The second-order valence-electron chi connectivity index (χ2n) is 12.7. The number of carbonyl (C=O) groups is 1. The fourth-order valence-electron chi connectivity index (χ4n) is 5.68. The molecule has 1 saturated heterocycles. The summed E-state index contributed by atoms with van der Waals surface area (Å²) in [6.45, 7) is 14.0. The normalized spacial score (nSPS) is 14.7. The van der Waals surface area contributed by atoms with E-state index < -0.39 is 0 Å². The third-order valence-corrected chi connectivity index (χ3v) is 7.90. The van der Waals surface area contributed by atoms with Crippen molar-refractivity contribution in [2.45, 2.75) is 58.3 Å². The molecule has 1 fully saturated rings. The molecule has 5 heterocycles. The maximum absolute atomic E-state index is 12.9. The summed E-state index contributed by atoms with van der Waals surface area (Å²) in [6, 6.07) is 10.5. The highest BCUT2D eigenvalue weighted by Gasteiger charge is 2.27. The minimum absolute atomic E-state index is 0.181. The zero-order chi connectivity index (χ0) is 28.8. The van der Waals surface area contributed by atoms with Gasteiger partial charge in [-0.15, -0.1) is 0 Å². The summed E-state index contributed by atoms with van der Waals surface area (Å²) in [5, 5.41) is 5.54. The average molecular weight is 551 g/mol. The van der Waals surface area contributed by atoms with Gasteiger partial charge in [0.25, 0.3) is 0 Å². The molecule has 0 aliphatic carbocycles. The van der Waals surface area contributed by atoms with E-state index in [1.807, 2.05) is 23.4 Å². The lowest BCUT2D eigenvalue weighted by Crippen LogP contribution is -2.46. The number of benzene rings is 1. The first-order valence-electron chi connectivity index (χ1n) is 14.3. The van der Waals surface area contributed by atoms with Gasteiger partial charge in [-0.05, 0) is 35.6 Å². The molecule has 5 aromatic rings. The summed E-state index contributed by atoms with van der Waals surface area (Å²) >= 11 is 0. The van der Waals surface area contributed by atoms with E-state index in [0.29, 0.717) is 12.1 Å². The van der Waals surface area contributed by atoms with Crippen LogP contribution in [0, 0.1) is 0 Å². The molecular weight excluding hydrogens is 512 g/mol. The first-order chi connectivity index (χ1) is 19.6. The van der Waals surface area contributed by atoms with Crippen LogP contribution >= 0.6 is 0 Å². The van der Waals surface area contributed by atoms with Crippen molar-refractivity contribution in [3.8, 4) is 11.3 Å². The Morgan fingerprint density at radius 3 is 2.56 bits per heavy atom. The molecule has 0 bridgehead atoms. The molecule has 6 rings (SSSR count). The summed E-state index contributed by atoms with van der Waals surface area (Å²) < 4.78 is 0. The molecule has 1 aliphatic rings. The number of carbonyl (C=O) groups excluding carboxylic acids is 1. The molecule has 1 aromatic carbocycles. The predicted octanol–water partition coefficient (Wildman–Crippen LogP) is 4.69. The second kappa shape index (κ2) is 10.4. The largest absolute Gasteiger partial charge is 0.364 e. The molecule has 9 nitrogen and oxygen atoms in total. The van der Waals surface area contributed by atoms with Gasteiger partial charge in [0.1, 0.15) is 17.0 Å². The summed E-state index contributed by atoms with van der Waals surface area (Å²) in [5.41, 5.74) is 6.03. The molecule has 9 heteroatoms. The van der Waals surface area contributed by atoms with Crippen LogP contribution < -0.4 is 5.32 Å². The zero-order valence-corrected chi connectivity index (χ0v) is 24.5. The molecule has 1 amide bonds. The second-order valence-corrected chi connectivity index (χ2v) is 12.7. The highest BCUT2D eigenvalue weighted by molar-refractivity contribution is 5.88. The Morgan fingerprint density at radius 1 is 0.976 bits per heavy atom. The van der Waals surface area contributed by atoms with Crippen LogP contribution in [0.3, 0.4) is 0 Å². The van der Waals surface area contributed by atoms with Crippen molar-refractivity contribution in [2.75, 3.05) is 26.2 Å². The monoisotopic (exact) mass is 550 g/mol. The van der Waals surface area contributed by atoms with E-state index in [4.69, 9.17) is 9.97 Å². The van der Waals surface area contributed by atoms with Gasteiger partial charge in [0, 0.05) is 66.0 Å². The Kier molecular flexibility index (Phi) is 6.85. The molecule has 41 heavy (non-hydrogen) atoms. The number of piperazine rings is 1. The van der Waals surface area contributed by atoms with Crippen molar-refractivity contribution >= 4 is 27.8 Å². The van der Waals surface area contributed by atoms with Gasteiger partial charge in [-0.25, -0.2) is 15.0 Å². The van der Waals surface area contributed by atoms with Crippen LogP contribution in [0.15, 0.2) is 49.1 Å². The number of hydrogen-bond acceptors (Lipinski definition) is 6. The first-order valence-corrected chi connectivity index (χ1v) is 14.3. The summed E-state index contributed by atoms with van der Waals surface area (Å²) in [7, 11) is 0. The molecule has 1 aliphatic heterocycles. The Morgan fingerprint density at radius 2 is 1.78 bits per heavy atom. The Balaban J connectivity index is 1.29. The number of aromatic nitrogens is 6. The minimum Gasteiger partial charge on any atom is -0.364 e. The van der Waals surface area contributed by atoms with Crippen molar-refractivity contribution in [1.29, 1.82) is 0 Å². The maximum atomic E-state index is 12.9. The number of fused-ring (bicyclic) bond motifs is 2. The van der Waals surface area contributed by atoms with Gasteiger partial charge in [0.15, 0.2) is 5.65 Å². The number of imidazole rings is 1. The van der Waals surface area contributed by atoms with Crippen molar-refractivity contribution in [2.24, 2.45) is 0 Å². The summed E-state index contributed by atoms with van der Waals surface area (Å²) in [6.07, 6.45) is 6.73. The van der Waals surface area contributed by atoms with Crippen LogP contribution in [0.1, 0.15) is 57.4 Å². The first kappa shape index (κ1) is 27.1. The Bertz CT molecular complexity index is 1720. The topological polar surface area (TPSA) is 115 Å². The van der Waals surface area contributed by atoms with Gasteiger partial charge in [-0.2, -0.15) is 0 Å². The molecule has 0 atom stereocenters. The minimum atomic E-state index is -0.269. The summed E-state index contributed by atoms with van der Waals surface area (Å²) in [4.78, 5) is 40.5. The van der Waals surface area contributed by atoms with Gasteiger partial charge in [-0.1, -0.05) is 46.8 Å². The molecule has 0 unspecified atom stereocenters. The third kappa shape index (κ3) is 5.46. The van der Waals surface area contributed by atoms with E-state index in [1.165, 1.54) is 0 Å². The highest BCUT2D eigenvalue weighted by Crippen LogP contribution is 2.34. The van der Waals surface area contributed by atoms with Crippen LogP contribution in [0.2, 0.25) is 0 Å². The quantitative estimate of drug-likeness (QED) is 0.283. The standard InChI is InChI=1S/C32H38N8O/c1-31(2,3)30-38-26(27-29(39-30)37-19-36-27)22-16-23(35-18-22)17-32(4,5)28-24-14-20(6-7-21(24)8-9-34-28)15-25(41)40-12-10-33-11-13-40/h6-9,14,16,18-19,33,35H,10-13,15,17H2,1-5H3,(H,36,37,38,39). The molecule has 0 saturated carbocycles. The van der Waals surface area contributed by atoms with E-state index in [2.05, 4.69) is 84.1 Å². The van der Waals surface area contributed by atoms with E-state index in [1.54, 1.807) is 6.33 Å². The predicted molar refractivity (Wildman–Crippen MR) is 162 cm³/mol. The number of hydrogen-bond donors (Lipinski definition) is 3. The van der Waals surface area contributed by atoms with E-state index in [-0.39, 0.29) is 16.7 Å². The van der Waals surface area contributed by atoms with Gasteiger partial charge < -0.3 is 20.2 Å². The molecule has 0 radical (unpaired) electrons. The molecule has 3 N–H and O–H groups in total. The van der Waals surface area contributed by atoms with E-state index >= 15 is 0 Å². The van der Waals surface area contributed by atoms with Crippen molar-refractivity contribution < 1.29 is 4.79 Å².